The van der Waals surface area contributed by atoms with E-state index in [4.69, 9.17) is 21.7 Å². The van der Waals surface area contributed by atoms with Gasteiger partial charge in [-0.25, -0.2) is 0 Å². The molecule has 0 radical (unpaired) electrons. The van der Waals surface area contributed by atoms with Gasteiger partial charge in [-0.3, -0.25) is 0 Å². The zero-order valence-corrected chi connectivity index (χ0v) is 14.1. The zero-order chi connectivity index (χ0) is 15.2. The predicted octanol–water partition coefficient (Wildman–Crippen LogP) is 3.41. The zero-order valence-electron chi connectivity index (χ0n) is 12.4. The molecule has 1 saturated heterocycles. The van der Waals surface area contributed by atoms with Gasteiger partial charge in [0.25, 0.3) is 0 Å². The highest BCUT2D eigenvalue weighted by molar-refractivity contribution is 8.22. The van der Waals surface area contributed by atoms with Crippen LogP contribution in [0.1, 0.15) is 24.8 Å². The van der Waals surface area contributed by atoms with Gasteiger partial charge in [-0.15, -0.1) is 0 Å². The maximum absolute atomic E-state index is 9.90. The second-order valence-corrected chi connectivity index (χ2v) is 6.56. The number of thiocarbonyl (C=S) groups is 1. The van der Waals surface area contributed by atoms with E-state index in [9.17, 15) is 5.11 Å². The second kappa shape index (κ2) is 7.75. The van der Waals surface area contributed by atoms with Crippen LogP contribution in [0.2, 0.25) is 0 Å². The van der Waals surface area contributed by atoms with Crippen LogP contribution in [0, 0.1) is 0 Å². The van der Waals surface area contributed by atoms with Gasteiger partial charge in [-0.05, 0) is 37.0 Å². The Morgan fingerprint density at radius 2 is 1.76 bits per heavy atom. The number of phenols is 1. The lowest BCUT2D eigenvalue weighted by atomic mass is 10.1. The van der Waals surface area contributed by atoms with Gasteiger partial charge in [-0.1, -0.05) is 24.0 Å². The number of nitrogens with zero attached hydrogens (tertiary/aromatic N) is 1. The number of thioether (sulfide) groups is 1. The van der Waals surface area contributed by atoms with E-state index in [-0.39, 0.29) is 5.75 Å². The van der Waals surface area contributed by atoms with E-state index in [0.29, 0.717) is 11.5 Å². The smallest absolute Gasteiger partial charge is 0.200 e. The largest absolute Gasteiger partial charge is 0.502 e. The van der Waals surface area contributed by atoms with Gasteiger partial charge in [0, 0.05) is 18.8 Å². The number of ether oxygens (including phenoxy) is 2. The van der Waals surface area contributed by atoms with E-state index in [1.165, 1.54) is 33.5 Å². The van der Waals surface area contributed by atoms with E-state index in [1.54, 1.807) is 11.8 Å². The molecule has 1 N–H and O–H groups in total. The number of rotatable bonds is 4. The fourth-order valence-corrected chi connectivity index (χ4v) is 3.53. The fraction of sp³-hybridized carbons (Fsp3) is 0.533. The first kappa shape index (κ1) is 16.2. The molecule has 116 valence electrons. The summed E-state index contributed by atoms with van der Waals surface area (Å²) in [7, 11) is 3.06. The van der Waals surface area contributed by atoms with Gasteiger partial charge in [0.15, 0.2) is 11.5 Å². The maximum Gasteiger partial charge on any atom is 0.200 e. The number of phenolic OH excluding ortho intramolecular Hbond substituents is 1. The van der Waals surface area contributed by atoms with Gasteiger partial charge in [0.2, 0.25) is 5.75 Å². The molecule has 21 heavy (non-hydrogen) atoms. The first-order chi connectivity index (χ1) is 10.2. The van der Waals surface area contributed by atoms with Crippen molar-refractivity contribution in [3.8, 4) is 17.2 Å². The summed E-state index contributed by atoms with van der Waals surface area (Å²) in [6.45, 7) is 2.13. The number of piperidine rings is 1. The average Bonchev–Trinajstić information content (AvgIpc) is 2.54. The third-order valence-corrected chi connectivity index (χ3v) is 5.11. The number of hydrogen-bond donors (Lipinski definition) is 1. The van der Waals surface area contributed by atoms with Crippen molar-refractivity contribution in [2.75, 3.05) is 27.3 Å². The Morgan fingerprint density at radius 3 is 2.29 bits per heavy atom. The topological polar surface area (TPSA) is 41.9 Å². The summed E-state index contributed by atoms with van der Waals surface area (Å²) in [5.41, 5.74) is 1.02. The first-order valence-corrected chi connectivity index (χ1v) is 8.40. The maximum atomic E-state index is 9.90. The van der Waals surface area contributed by atoms with Crippen molar-refractivity contribution < 1.29 is 14.6 Å². The van der Waals surface area contributed by atoms with Crippen LogP contribution in [0.15, 0.2) is 12.1 Å². The summed E-state index contributed by atoms with van der Waals surface area (Å²) in [6.07, 6.45) is 3.75. The van der Waals surface area contributed by atoms with Crippen LogP contribution < -0.4 is 9.47 Å². The van der Waals surface area contributed by atoms with Crippen LogP contribution in [0.25, 0.3) is 0 Å². The molecule has 0 aromatic heterocycles. The second-order valence-electron chi connectivity index (χ2n) is 4.95. The fourth-order valence-electron chi connectivity index (χ4n) is 2.34. The van der Waals surface area contributed by atoms with Gasteiger partial charge < -0.3 is 19.5 Å². The number of likely N-dealkylation sites (tertiary alicyclic amines) is 1. The Kier molecular flexibility index (Phi) is 5.99. The molecule has 0 unspecified atom stereocenters. The molecule has 4 nitrogen and oxygen atoms in total. The lowest BCUT2D eigenvalue weighted by Crippen LogP contribution is -2.32. The van der Waals surface area contributed by atoms with Gasteiger partial charge >= 0.3 is 0 Å². The monoisotopic (exact) mass is 327 g/mol. The Morgan fingerprint density at radius 1 is 1.19 bits per heavy atom. The molecule has 1 fully saturated rings. The number of hydrogen-bond acceptors (Lipinski definition) is 5. The molecule has 1 aliphatic rings. The van der Waals surface area contributed by atoms with E-state index in [1.807, 2.05) is 12.1 Å². The highest BCUT2D eigenvalue weighted by Crippen LogP contribution is 2.38. The summed E-state index contributed by atoms with van der Waals surface area (Å²) < 4.78 is 11.3. The molecule has 0 spiro atoms. The van der Waals surface area contributed by atoms with Gasteiger partial charge in [0.05, 0.1) is 14.2 Å². The SMILES string of the molecule is COc1cc(CSC(=S)N2CCCCC2)cc(OC)c1O. The van der Waals surface area contributed by atoms with Crippen molar-refractivity contribution in [1.82, 2.24) is 4.90 Å². The molecular formula is C15H21NO3S2. The minimum atomic E-state index is 0.0346. The molecule has 0 bridgehead atoms. The van der Waals surface area contributed by atoms with E-state index >= 15 is 0 Å². The van der Waals surface area contributed by atoms with Crippen molar-refractivity contribution in [3.05, 3.63) is 17.7 Å². The minimum absolute atomic E-state index is 0.0346. The van der Waals surface area contributed by atoms with Gasteiger partial charge in [0.1, 0.15) is 4.32 Å². The summed E-state index contributed by atoms with van der Waals surface area (Å²) in [5, 5.41) is 9.90. The van der Waals surface area contributed by atoms with Crippen molar-refractivity contribution in [2.45, 2.75) is 25.0 Å². The standard InChI is InChI=1S/C15H21NO3S2/c1-18-12-8-11(9-13(19-2)14(12)17)10-21-15(20)16-6-4-3-5-7-16/h8-9,17H,3-7,10H2,1-2H3. The molecular weight excluding hydrogens is 306 g/mol. The van der Waals surface area contributed by atoms with Crippen LogP contribution >= 0.6 is 24.0 Å². The van der Waals surface area contributed by atoms with Crippen molar-refractivity contribution in [2.24, 2.45) is 0 Å². The highest BCUT2D eigenvalue weighted by Gasteiger charge is 2.15. The Labute approximate surface area is 135 Å². The van der Waals surface area contributed by atoms with Crippen LogP contribution in [0.4, 0.5) is 0 Å². The lowest BCUT2D eigenvalue weighted by Gasteiger charge is -2.28. The van der Waals surface area contributed by atoms with Crippen LogP contribution in [0.5, 0.6) is 17.2 Å². The normalized spacial score (nSPS) is 14.9. The predicted molar refractivity (Wildman–Crippen MR) is 90.5 cm³/mol. The Hall–Kier alpha value is -1.14. The molecule has 6 heteroatoms. The van der Waals surface area contributed by atoms with Crippen molar-refractivity contribution in [1.29, 1.82) is 0 Å². The molecule has 0 aliphatic carbocycles. The van der Waals surface area contributed by atoms with Gasteiger partial charge in [-0.2, -0.15) is 0 Å². The quantitative estimate of drug-likeness (QED) is 0.855. The molecule has 2 rings (SSSR count). The molecule has 1 heterocycles. The van der Waals surface area contributed by atoms with E-state index in [0.717, 1.165) is 28.7 Å². The van der Waals surface area contributed by atoms with Crippen molar-refractivity contribution >= 4 is 28.3 Å². The number of aromatic hydroxyl groups is 1. The summed E-state index contributed by atoms with van der Waals surface area (Å²) in [4.78, 5) is 2.28. The molecule has 0 saturated carbocycles. The highest BCUT2D eigenvalue weighted by atomic mass is 32.2. The lowest BCUT2D eigenvalue weighted by molar-refractivity contribution is 0.339. The van der Waals surface area contributed by atoms with Crippen molar-refractivity contribution in [3.63, 3.8) is 0 Å². The Balaban J connectivity index is 2.00. The third kappa shape index (κ3) is 4.17. The average molecular weight is 327 g/mol. The van der Waals surface area contributed by atoms with Crippen LogP contribution in [0.3, 0.4) is 0 Å². The van der Waals surface area contributed by atoms with E-state index < -0.39 is 0 Å². The first-order valence-electron chi connectivity index (χ1n) is 7.01. The number of methoxy groups -OCH3 is 2. The third-order valence-electron chi connectivity index (χ3n) is 3.52. The molecule has 1 aromatic carbocycles. The molecule has 0 atom stereocenters. The number of benzene rings is 1. The van der Waals surface area contributed by atoms with Crippen LogP contribution in [-0.4, -0.2) is 41.6 Å². The van der Waals surface area contributed by atoms with Crippen LogP contribution in [-0.2, 0) is 5.75 Å². The van der Waals surface area contributed by atoms with E-state index in [2.05, 4.69) is 4.90 Å². The molecule has 0 amide bonds. The summed E-state index contributed by atoms with van der Waals surface area (Å²) in [6, 6.07) is 3.65. The summed E-state index contributed by atoms with van der Waals surface area (Å²) >= 11 is 7.14. The summed E-state index contributed by atoms with van der Waals surface area (Å²) in [5.74, 6) is 1.62. The minimum Gasteiger partial charge on any atom is -0.502 e. The Bertz CT molecular complexity index is 477. The molecule has 1 aromatic rings. The molecule has 1 aliphatic heterocycles.